The molecular weight excluding hydrogens is 257 g/mol. The molecule has 1 amide bonds. The quantitative estimate of drug-likeness (QED) is 0.785. The molecule has 0 aliphatic heterocycles. The molecule has 112 valence electrons. The summed E-state index contributed by atoms with van der Waals surface area (Å²) < 4.78 is 35.9. The molecule has 6 heteroatoms. The van der Waals surface area contributed by atoms with Gasteiger partial charge >= 0.3 is 6.18 Å². The second-order valence-corrected chi connectivity index (χ2v) is 5.19. The summed E-state index contributed by atoms with van der Waals surface area (Å²) in [5.74, 6) is -0.484. The molecule has 0 aromatic heterocycles. The van der Waals surface area contributed by atoms with E-state index in [9.17, 15) is 18.0 Å². The first-order valence-electron chi connectivity index (χ1n) is 7.00. The molecule has 3 nitrogen and oxygen atoms in total. The zero-order chi connectivity index (χ0) is 14.3. The van der Waals surface area contributed by atoms with Gasteiger partial charge in [0.2, 0.25) is 5.91 Å². The Morgan fingerprint density at radius 2 is 1.74 bits per heavy atom. The summed E-state index contributed by atoms with van der Waals surface area (Å²) in [4.78, 5) is 11.4. The summed E-state index contributed by atoms with van der Waals surface area (Å²) in [7, 11) is 0. The summed E-state index contributed by atoms with van der Waals surface area (Å²) in [6, 6.07) is 0.531. The third-order valence-electron chi connectivity index (χ3n) is 3.41. The van der Waals surface area contributed by atoms with Gasteiger partial charge in [-0.25, -0.2) is 0 Å². The molecule has 1 aliphatic carbocycles. The van der Waals surface area contributed by atoms with Gasteiger partial charge in [0.05, 0.1) is 6.42 Å². The van der Waals surface area contributed by atoms with E-state index in [1.54, 1.807) is 0 Å². The van der Waals surface area contributed by atoms with Crippen molar-refractivity contribution in [3.8, 4) is 0 Å². The molecule has 0 saturated heterocycles. The Morgan fingerprint density at radius 3 is 2.26 bits per heavy atom. The summed E-state index contributed by atoms with van der Waals surface area (Å²) in [5, 5.41) is 6.13. The fourth-order valence-electron chi connectivity index (χ4n) is 2.35. The van der Waals surface area contributed by atoms with E-state index in [1.165, 1.54) is 0 Å². The highest BCUT2D eigenvalue weighted by Gasteiger charge is 2.29. The van der Waals surface area contributed by atoms with Crippen molar-refractivity contribution in [2.75, 3.05) is 6.54 Å². The van der Waals surface area contributed by atoms with Gasteiger partial charge in [-0.1, -0.05) is 6.92 Å². The molecule has 0 radical (unpaired) electrons. The van der Waals surface area contributed by atoms with Crippen LogP contribution in [0, 0.1) is 0 Å². The predicted molar refractivity (Wildman–Crippen MR) is 67.8 cm³/mol. The highest BCUT2D eigenvalue weighted by molar-refractivity contribution is 5.76. The highest BCUT2D eigenvalue weighted by Crippen LogP contribution is 2.22. The van der Waals surface area contributed by atoms with Gasteiger partial charge in [-0.2, -0.15) is 13.2 Å². The first kappa shape index (κ1) is 16.3. The third-order valence-corrected chi connectivity index (χ3v) is 3.41. The number of rotatable bonds is 6. The minimum absolute atomic E-state index is 0.0420. The summed E-state index contributed by atoms with van der Waals surface area (Å²) in [6.07, 6.45) is -1.01. The second-order valence-electron chi connectivity index (χ2n) is 5.19. The molecule has 1 aliphatic rings. The van der Waals surface area contributed by atoms with Crippen LogP contribution in [-0.4, -0.2) is 30.7 Å². The Labute approximate surface area is 112 Å². The van der Waals surface area contributed by atoms with E-state index < -0.39 is 24.9 Å². The van der Waals surface area contributed by atoms with Crippen LogP contribution in [0.15, 0.2) is 0 Å². The van der Waals surface area contributed by atoms with Gasteiger partial charge in [0.25, 0.3) is 0 Å². The molecule has 1 fully saturated rings. The van der Waals surface area contributed by atoms with Gasteiger partial charge in [0.15, 0.2) is 0 Å². The van der Waals surface area contributed by atoms with Gasteiger partial charge in [0.1, 0.15) is 0 Å². The molecule has 0 aromatic carbocycles. The number of alkyl halides is 3. The van der Waals surface area contributed by atoms with Crippen molar-refractivity contribution < 1.29 is 18.0 Å². The van der Waals surface area contributed by atoms with E-state index >= 15 is 0 Å². The van der Waals surface area contributed by atoms with Crippen LogP contribution in [0.2, 0.25) is 0 Å². The Morgan fingerprint density at radius 1 is 1.16 bits per heavy atom. The Kier molecular flexibility index (Phi) is 6.62. The molecule has 0 unspecified atom stereocenters. The van der Waals surface area contributed by atoms with E-state index in [0.29, 0.717) is 6.04 Å². The maximum atomic E-state index is 12.0. The average Bonchev–Trinajstić information content (AvgIpc) is 2.35. The highest BCUT2D eigenvalue weighted by atomic mass is 19.4. The number of amides is 1. The topological polar surface area (TPSA) is 41.1 Å². The summed E-state index contributed by atoms with van der Waals surface area (Å²) in [5.41, 5.74) is 0. The minimum atomic E-state index is -4.25. The van der Waals surface area contributed by atoms with Crippen molar-refractivity contribution in [2.45, 2.75) is 70.1 Å². The van der Waals surface area contributed by atoms with Crippen LogP contribution in [0.4, 0.5) is 13.2 Å². The SMILES string of the molecule is CCCNC1CCC(NC(=O)CCC(F)(F)F)CC1. The molecule has 19 heavy (non-hydrogen) atoms. The first-order valence-corrected chi connectivity index (χ1v) is 7.00. The van der Waals surface area contributed by atoms with E-state index in [1.807, 2.05) is 0 Å². The molecule has 1 saturated carbocycles. The lowest BCUT2D eigenvalue weighted by Crippen LogP contribution is -2.42. The Balaban J connectivity index is 2.16. The molecule has 0 spiro atoms. The van der Waals surface area contributed by atoms with Gasteiger partial charge in [-0.15, -0.1) is 0 Å². The van der Waals surface area contributed by atoms with Crippen molar-refractivity contribution in [3.05, 3.63) is 0 Å². The van der Waals surface area contributed by atoms with Crippen LogP contribution in [0.5, 0.6) is 0 Å². The lowest BCUT2D eigenvalue weighted by atomic mass is 9.91. The van der Waals surface area contributed by atoms with Crippen molar-refractivity contribution in [1.29, 1.82) is 0 Å². The van der Waals surface area contributed by atoms with Gasteiger partial charge in [0, 0.05) is 18.5 Å². The van der Waals surface area contributed by atoms with Crippen LogP contribution in [0.1, 0.15) is 51.9 Å². The lowest BCUT2D eigenvalue weighted by Gasteiger charge is -2.29. The fraction of sp³-hybridized carbons (Fsp3) is 0.923. The molecule has 2 N–H and O–H groups in total. The molecule has 0 bridgehead atoms. The normalized spacial score (nSPS) is 24.2. The number of carbonyl (C=O) groups is 1. The zero-order valence-electron chi connectivity index (χ0n) is 11.4. The summed E-state index contributed by atoms with van der Waals surface area (Å²) >= 11 is 0. The number of hydrogen-bond acceptors (Lipinski definition) is 2. The van der Waals surface area contributed by atoms with Crippen LogP contribution < -0.4 is 10.6 Å². The number of hydrogen-bond donors (Lipinski definition) is 2. The largest absolute Gasteiger partial charge is 0.389 e. The monoisotopic (exact) mass is 280 g/mol. The molecule has 0 atom stereocenters. The molecular formula is C13H23F3N2O. The Bertz CT molecular complexity index is 274. The maximum Gasteiger partial charge on any atom is 0.389 e. The van der Waals surface area contributed by atoms with E-state index in [0.717, 1.165) is 38.6 Å². The van der Waals surface area contributed by atoms with Crippen LogP contribution in [0.3, 0.4) is 0 Å². The maximum absolute atomic E-state index is 12.0. The number of carbonyl (C=O) groups excluding carboxylic acids is 1. The van der Waals surface area contributed by atoms with Crippen molar-refractivity contribution >= 4 is 5.91 Å². The minimum Gasteiger partial charge on any atom is -0.353 e. The molecule has 0 heterocycles. The van der Waals surface area contributed by atoms with E-state index in [2.05, 4.69) is 17.6 Å². The van der Waals surface area contributed by atoms with E-state index in [-0.39, 0.29) is 6.04 Å². The zero-order valence-corrected chi connectivity index (χ0v) is 11.4. The second kappa shape index (κ2) is 7.72. The average molecular weight is 280 g/mol. The predicted octanol–water partition coefficient (Wildman–Crippen LogP) is 2.76. The van der Waals surface area contributed by atoms with Crippen molar-refractivity contribution in [3.63, 3.8) is 0 Å². The van der Waals surface area contributed by atoms with E-state index in [4.69, 9.17) is 0 Å². The number of nitrogens with one attached hydrogen (secondary N) is 2. The standard InChI is InChI=1S/C13H23F3N2O/c1-2-9-17-10-3-5-11(6-4-10)18-12(19)7-8-13(14,15)16/h10-11,17H,2-9H2,1H3,(H,18,19). The Hall–Kier alpha value is -0.780. The van der Waals surface area contributed by atoms with Gasteiger partial charge in [-0.3, -0.25) is 4.79 Å². The smallest absolute Gasteiger partial charge is 0.353 e. The van der Waals surface area contributed by atoms with Crippen LogP contribution in [-0.2, 0) is 4.79 Å². The number of halogens is 3. The van der Waals surface area contributed by atoms with Crippen molar-refractivity contribution in [1.82, 2.24) is 10.6 Å². The third kappa shape index (κ3) is 7.40. The van der Waals surface area contributed by atoms with Crippen LogP contribution >= 0.6 is 0 Å². The molecule has 0 aromatic rings. The van der Waals surface area contributed by atoms with Crippen LogP contribution in [0.25, 0.3) is 0 Å². The fourth-order valence-corrected chi connectivity index (χ4v) is 2.35. The summed E-state index contributed by atoms with van der Waals surface area (Å²) in [6.45, 7) is 3.10. The van der Waals surface area contributed by atoms with Crippen molar-refractivity contribution in [2.24, 2.45) is 0 Å². The first-order chi connectivity index (χ1) is 8.90. The lowest BCUT2D eigenvalue weighted by molar-refractivity contribution is -0.144. The van der Waals surface area contributed by atoms with Gasteiger partial charge in [-0.05, 0) is 38.6 Å². The molecule has 1 rings (SSSR count). The van der Waals surface area contributed by atoms with Gasteiger partial charge < -0.3 is 10.6 Å².